The van der Waals surface area contributed by atoms with Crippen LogP contribution < -0.4 is 10.6 Å². The molecule has 0 spiro atoms. The summed E-state index contributed by atoms with van der Waals surface area (Å²) >= 11 is 0. The van der Waals surface area contributed by atoms with Crippen LogP contribution in [-0.2, 0) is 20.5 Å². The van der Waals surface area contributed by atoms with Gasteiger partial charge in [-0.15, -0.1) is 0 Å². The van der Waals surface area contributed by atoms with E-state index >= 15 is 0 Å². The third-order valence-electron chi connectivity index (χ3n) is 6.65. The molecule has 0 bridgehead atoms. The standard InChI is InChI=1S/C29H29N5O3/c1-28(2,3)23-17-24(34(32-23)20-13-6-5-7-14-20)30-25(35)18-33-26(36)29(4,31-27(33)37)22-16-10-12-19-11-8-9-15-21(19)22/h5-17H,18H2,1-4H3,(H,30,35)(H,31,37)/t29-/m1/s1. The van der Waals surface area contributed by atoms with Gasteiger partial charge in [0.05, 0.1) is 11.4 Å². The lowest BCUT2D eigenvalue weighted by Crippen LogP contribution is -2.42. The van der Waals surface area contributed by atoms with E-state index in [1.54, 1.807) is 11.6 Å². The van der Waals surface area contributed by atoms with Crippen molar-refractivity contribution in [1.29, 1.82) is 0 Å². The molecule has 4 aromatic rings. The van der Waals surface area contributed by atoms with E-state index in [2.05, 4.69) is 10.6 Å². The average molecular weight is 496 g/mol. The number of benzene rings is 3. The summed E-state index contributed by atoms with van der Waals surface area (Å²) in [6.45, 7) is 7.37. The Kier molecular flexibility index (Phi) is 5.82. The maximum atomic E-state index is 13.5. The highest BCUT2D eigenvalue weighted by atomic mass is 16.2. The lowest BCUT2D eigenvalue weighted by Gasteiger charge is -2.24. The Morgan fingerprint density at radius 2 is 1.65 bits per heavy atom. The Morgan fingerprint density at radius 1 is 0.973 bits per heavy atom. The second-order valence-electron chi connectivity index (χ2n) is 10.4. The van der Waals surface area contributed by atoms with E-state index in [-0.39, 0.29) is 5.41 Å². The molecule has 8 nitrogen and oxygen atoms in total. The summed E-state index contributed by atoms with van der Waals surface area (Å²) in [7, 11) is 0. The monoisotopic (exact) mass is 495 g/mol. The van der Waals surface area contributed by atoms with Gasteiger partial charge >= 0.3 is 6.03 Å². The summed E-state index contributed by atoms with van der Waals surface area (Å²) in [6, 6.07) is 24.0. The molecule has 5 rings (SSSR count). The van der Waals surface area contributed by atoms with Gasteiger partial charge in [-0.3, -0.25) is 14.5 Å². The van der Waals surface area contributed by atoms with Crippen molar-refractivity contribution >= 4 is 34.4 Å². The largest absolute Gasteiger partial charge is 0.325 e. The normalized spacial score (nSPS) is 17.8. The van der Waals surface area contributed by atoms with Gasteiger partial charge < -0.3 is 10.6 Å². The molecule has 1 aliphatic rings. The van der Waals surface area contributed by atoms with E-state index in [4.69, 9.17) is 5.10 Å². The minimum absolute atomic E-state index is 0.245. The predicted molar refractivity (Wildman–Crippen MR) is 142 cm³/mol. The first-order valence-electron chi connectivity index (χ1n) is 12.2. The number of urea groups is 1. The second-order valence-corrected chi connectivity index (χ2v) is 10.4. The quantitative estimate of drug-likeness (QED) is 0.391. The van der Waals surface area contributed by atoms with Gasteiger partial charge in [-0.2, -0.15) is 5.10 Å². The van der Waals surface area contributed by atoms with Crippen molar-refractivity contribution in [2.45, 2.75) is 38.6 Å². The van der Waals surface area contributed by atoms with Gasteiger partial charge in [0.15, 0.2) is 0 Å². The van der Waals surface area contributed by atoms with Gasteiger partial charge in [0.1, 0.15) is 17.9 Å². The molecule has 1 saturated heterocycles. The highest BCUT2D eigenvalue weighted by Gasteiger charge is 2.50. The fourth-order valence-corrected chi connectivity index (χ4v) is 4.61. The molecule has 37 heavy (non-hydrogen) atoms. The number of nitrogens with zero attached hydrogens (tertiary/aromatic N) is 3. The molecule has 0 aliphatic carbocycles. The number of carbonyl (C=O) groups excluding carboxylic acids is 3. The fraction of sp³-hybridized carbons (Fsp3) is 0.241. The summed E-state index contributed by atoms with van der Waals surface area (Å²) in [5.41, 5.74) is 0.731. The van der Waals surface area contributed by atoms with Crippen LogP contribution in [0.5, 0.6) is 0 Å². The Morgan fingerprint density at radius 3 is 2.38 bits per heavy atom. The third kappa shape index (κ3) is 4.35. The van der Waals surface area contributed by atoms with Crippen LogP contribution in [-0.4, -0.2) is 39.1 Å². The van der Waals surface area contributed by atoms with E-state index in [1.165, 1.54) is 0 Å². The smallest absolute Gasteiger partial charge is 0.319 e. The highest BCUT2D eigenvalue weighted by molar-refractivity contribution is 6.11. The number of hydrogen-bond acceptors (Lipinski definition) is 4. The lowest BCUT2D eigenvalue weighted by atomic mass is 9.88. The van der Waals surface area contributed by atoms with E-state index in [9.17, 15) is 14.4 Å². The number of amides is 4. The van der Waals surface area contributed by atoms with Crippen molar-refractivity contribution in [3.63, 3.8) is 0 Å². The van der Waals surface area contributed by atoms with Crippen molar-refractivity contribution < 1.29 is 14.4 Å². The zero-order chi connectivity index (χ0) is 26.4. The SMILES string of the molecule is CC(C)(C)c1cc(NC(=O)CN2C(=O)N[C@](C)(c3cccc4ccccc34)C2=O)n(-c2ccccc2)n1. The molecule has 1 fully saturated rings. The summed E-state index contributed by atoms with van der Waals surface area (Å²) in [5, 5.41) is 12.2. The molecule has 0 saturated carbocycles. The van der Waals surface area contributed by atoms with Gasteiger partial charge in [-0.1, -0.05) is 81.4 Å². The molecule has 1 atom stereocenters. The van der Waals surface area contributed by atoms with Crippen LogP contribution in [0.15, 0.2) is 78.9 Å². The molecule has 0 radical (unpaired) electrons. The molecule has 0 unspecified atom stereocenters. The van der Waals surface area contributed by atoms with E-state index in [1.807, 2.05) is 99.6 Å². The van der Waals surface area contributed by atoms with Crippen LogP contribution in [0.4, 0.5) is 10.6 Å². The Hall–Kier alpha value is -4.46. The van der Waals surface area contributed by atoms with Crippen molar-refractivity contribution in [1.82, 2.24) is 20.0 Å². The summed E-state index contributed by atoms with van der Waals surface area (Å²) in [4.78, 5) is 40.6. The Labute approximate surface area is 215 Å². The van der Waals surface area contributed by atoms with Gasteiger partial charge in [0.2, 0.25) is 5.91 Å². The summed E-state index contributed by atoms with van der Waals surface area (Å²) in [6.07, 6.45) is 0. The van der Waals surface area contributed by atoms with Crippen molar-refractivity contribution in [2.24, 2.45) is 0 Å². The van der Waals surface area contributed by atoms with Crippen LogP contribution in [0.3, 0.4) is 0 Å². The number of para-hydroxylation sites is 1. The van der Waals surface area contributed by atoms with Crippen LogP contribution in [0.25, 0.3) is 16.5 Å². The number of fused-ring (bicyclic) bond motifs is 1. The van der Waals surface area contributed by atoms with E-state index < -0.39 is 29.9 Å². The maximum Gasteiger partial charge on any atom is 0.325 e. The average Bonchev–Trinajstić information content (AvgIpc) is 3.39. The second kappa shape index (κ2) is 8.89. The first kappa shape index (κ1) is 24.2. The molecule has 4 amide bonds. The minimum Gasteiger partial charge on any atom is -0.319 e. The zero-order valence-electron chi connectivity index (χ0n) is 21.3. The molecular weight excluding hydrogens is 466 g/mol. The van der Waals surface area contributed by atoms with Crippen molar-refractivity contribution in [3.8, 4) is 5.69 Å². The van der Waals surface area contributed by atoms with Gasteiger partial charge in [-0.05, 0) is 35.4 Å². The number of anilines is 1. The van der Waals surface area contributed by atoms with Gasteiger partial charge in [0.25, 0.3) is 5.91 Å². The fourth-order valence-electron chi connectivity index (χ4n) is 4.61. The number of carbonyl (C=O) groups is 3. The number of aromatic nitrogens is 2. The molecule has 2 heterocycles. The lowest BCUT2D eigenvalue weighted by molar-refractivity contribution is -0.133. The molecule has 8 heteroatoms. The zero-order valence-corrected chi connectivity index (χ0v) is 21.3. The van der Waals surface area contributed by atoms with E-state index in [0.29, 0.717) is 11.4 Å². The Balaban J connectivity index is 1.41. The highest BCUT2D eigenvalue weighted by Crippen LogP contribution is 2.34. The first-order chi connectivity index (χ1) is 17.6. The summed E-state index contributed by atoms with van der Waals surface area (Å²) in [5.74, 6) is -0.510. The van der Waals surface area contributed by atoms with Crippen LogP contribution in [0.1, 0.15) is 39.0 Å². The molecule has 2 N–H and O–H groups in total. The van der Waals surface area contributed by atoms with Crippen molar-refractivity contribution in [2.75, 3.05) is 11.9 Å². The first-order valence-corrected chi connectivity index (χ1v) is 12.2. The summed E-state index contributed by atoms with van der Waals surface area (Å²) < 4.78 is 1.66. The number of nitrogens with one attached hydrogen (secondary N) is 2. The molecular formula is C29H29N5O3. The van der Waals surface area contributed by atoms with Gasteiger partial charge in [-0.25, -0.2) is 9.48 Å². The molecule has 3 aromatic carbocycles. The van der Waals surface area contributed by atoms with Crippen LogP contribution >= 0.6 is 0 Å². The number of rotatable bonds is 5. The number of imide groups is 1. The molecule has 1 aromatic heterocycles. The van der Waals surface area contributed by atoms with Crippen molar-refractivity contribution in [3.05, 3.63) is 90.1 Å². The number of hydrogen-bond donors (Lipinski definition) is 2. The third-order valence-corrected chi connectivity index (χ3v) is 6.65. The van der Waals surface area contributed by atoms with Crippen LogP contribution in [0, 0.1) is 0 Å². The molecule has 188 valence electrons. The molecule has 1 aliphatic heterocycles. The van der Waals surface area contributed by atoms with E-state index in [0.717, 1.165) is 27.1 Å². The topological polar surface area (TPSA) is 96.3 Å². The predicted octanol–water partition coefficient (Wildman–Crippen LogP) is 4.73. The maximum absolute atomic E-state index is 13.5. The van der Waals surface area contributed by atoms with Crippen LogP contribution in [0.2, 0.25) is 0 Å². The minimum atomic E-state index is -1.29. The Bertz CT molecular complexity index is 1510. The van der Waals surface area contributed by atoms with Gasteiger partial charge in [0, 0.05) is 11.5 Å².